The monoisotopic (exact) mass is 342 g/mol. The van der Waals surface area contributed by atoms with Crippen molar-refractivity contribution in [1.29, 1.82) is 0 Å². The Morgan fingerprint density at radius 1 is 1.26 bits per heavy atom. The van der Waals surface area contributed by atoms with Gasteiger partial charge in [-0.05, 0) is 44.6 Å². The van der Waals surface area contributed by atoms with Crippen molar-refractivity contribution in [2.45, 2.75) is 18.2 Å². The fourth-order valence-electron chi connectivity index (χ4n) is 3.45. The van der Waals surface area contributed by atoms with Gasteiger partial charge in [0.2, 0.25) is 10.0 Å². The number of nitrogens with zero attached hydrogens (tertiary/aromatic N) is 2. The van der Waals surface area contributed by atoms with Crippen molar-refractivity contribution in [3.8, 4) is 0 Å². The molecule has 1 aromatic rings. The third kappa shape index (κ3) is 3.28. The lowest BCUT2D eigenvalue weighted by atomic mass is 9.88. The van der Waals surface area contributed by atoms with Crippen LogP contribution in [0.5, 0.6) is 0 Å². The lowest BCUT2D eigenvalue weighted by Gasteiger charge is -2.31. The first-order valence-corrected chi connectivity index (χ1v) is 9.29. The highest BCUT2D eigenvalue weighted by Gasteiger charge is 2.43. The van der Waals surface area contributed by atoms with Gasteiger partial charge in [0, 0.05) is 25.0 Å². The van der Waals surface area contributed by atoms with Crippen LogP contribution in [0.1, 0.15) is 12.0 Å². The van der Waals surface area contributed by atoms with Gasteiger partial charge in [-0.15, -0.1) is 0 Å². The van der Waals surface area contributed by atoms with Crippen molar-refractivity contribution in [3.05, 3.63) is 29.6 Å². The number of likely N-dealkylation sites (tertiary alicyclic amines) is 1. The number of benzene rings is 1. The molecule has 1 spiro atoms. The average molecular weight is 342 g/mol. The van der Waals surface area contributed by atoms with E-state index in [2.05, 4.69) is 4.90 Å². The summed E-state index contributed by atoms with van der Waals surface area (Å²) in [6.45, 7) is 5.07. The van der Waals surface area contributed by atoms with Crippen LogP contribution in [0.3, 0.4) is 0 Å². The minimum absolute atomic E-state index is 0.0176. The Bertz CT molecular complexity index is 695. The third-order valence-electron chi connectivity index (χ3n) is 4.82. The second kappa shape index (κ2) is 6.12. The molecule has 2 aliphatic rings. The molecule has 0 aromatic heterocycles. The zero-order valence-corrected chi connectivity index (χ0v) is 14.4. The molecule has 0 bridgehead atoms. The van der Waals surface area contributed by atoms with Gasteiger partial charge in [-0.25, -0.2) is 12.8 Å². The van der Waals surface area contributed by atoms with Crippen molar-refractivity contribution >= 4 is 10.0 Å². The van der Waals surface area contributed by atoms with Gasteiger partial charge in [-0.3, -0.25) is 0 Å². The quantitative estimate of drug-likeness (QED) is 0.817. The molecule has 2 fully saturated rings. The van der Waals surface area contributed by atoms with Gasteiger partial charge in [0.05, 0.1) is 18.1 Å². The van der Waals surface area contributed by atoms with Crippen LogP contribution in [0, 0.1) is 18.2 Å². The summed E-state index contributed by atoms with van der Waals surface area (Å²) in [5, 5.41) is 0. The van der Waals surface area contributed by atoms with Crippen molar-refractivity contribution in [1.82, 2.24) is 9.21 Å². The van der Waals surface area contributed by atoms with Crippen LogP contribution in [-0.4, -0.2) is 64.1 Å². The maximum Gasteiger partial charge on any atom is 0.243 e. The predicted molar refractivity (Wildman–Crippen MR) is 85.3 cm³/mol. The highest BCUT2D eigenvalue weighted by molar-refractivity contribution is 7.89. The summed E-state index contributed by atoms with van der Waals surface area (Å²) in [7, 11) is -1.68. The molecule has 1 atom stereocenters. The van der Waals surface area contributed by atoms with E-state index in [0.717, 1.165) is 25.6 Å². The Hall–Kier alpha value is -1.02. The normalized spacial score (nSPS) is 27.4. The summed E-state index contributed by atoms with van der Waals surface area (Å²) < 4.78 is 46.8. The number of ether oxygens (including phenoxy) is 1. The van der Waals surface area contributed by atoms with Crippen LogP contribution >= 0.6 is 0 Å². The molecule has 0 N–H and O–H groups in total. The maximum atomic E-state index is 13.8. The van der Waals surface area contributed by atoms with E-state index in [-0.39, 0.29) is 10.3 Å². The summed E-state index contributed by atoms with van der Waals surface area (Å²) in [6.07, 6.45) is 0.914. The molecule has 1 aromatic carbocycles. The molecular weight excluding hydrogens is 319 g/mol. The molecule has 0 radical (unpaired) electrons. The summed E-state index contributed by atoms with van der Waals surface area (Å²) in [6, 6.07) is 4.10. The standard InChI is InChI=1S/C16H23FN2O3S/c1-13-3-4-14(9-15(13)17)23(20,21)19-7-8-22-12-16(11-19)5-6-18(2)10-16/h3-4,9H,5-8,10-12H2,1-2H3/t16-/m1/s1. The first-order chi connectivity index (χ1) is 10.8. The van der Waals surface area contributed by atoms with Gasteiger partial charge in [0.25, 0.3) is 0 Å². The molecule has 0 amide bonds. The lowest BCUT2D eigenvalue weighted by molar-refractivity contribution is 0.0744. The molecule has 0 unspecified atom stereocenters. The maximum absolute atomic E-state index is 13.8. The minimum atomic E-state index is -3.71. The number of rotatable bonds is 2. The van der Waals surface area contributed by atoms with Gasteiger partial charge in [0.1, 0.15) is 5.82 Å². The van der Waals surface area contributed by atoms with Gasteiger partial charge < -0.3 is 9.64 Å². The number of halogens is 1. The molecular formula is C16H23FN2O3S. The third-order valence-corrected chi connectivity index (χ3v) is 6.66. The molecule has 2 aliphatic heterocycles. The van der Waals surface area contributed by atoms with Crippen LogP contribution < -0.4 is 0 Å². The lowest BCUT2D eigenvalue weighted by Crippen LogP contribution is -2.43. The number of aryl methyl sites for hydroxylation is 1. The fourth-order valence-corrected chi connectivity index (χ4v) is 5.00. The number of hydrogen-bond acceptors (Lipinski definition) is 4. The predicted octanol–water partition coefficient (Wildman–Crippen LogP) is 1.48. The molecule has 0 aliphatic carbocycles. The average Bonchev–Trinajstić information content (AvgIpc) is 2.72. The highest BCUT2D eigenvalue weighted by atomic mass is 32.2. The molecule has 2 heterocycles. The SMILES string of the molecule is Cc1ccc(S(=O)(=O)N2CCOC[C@@]3(CCN(C)C3)C2)cc1F. The van der Waals surface area contributed by atoms with Gasteiger partial charge in [0.15, 0.2) is 0 Å². The first-order valence-electron chi connectivity index (χ1n) is 7.85. The summed E-state index contributed by atoms with van der Waals surface area (Å²) in [4.78, 5) is 2.22. The fraction of sp³-hybridized carbons (Fsp3) is 0.625. The van der Waals surface area contributed by atoms with E-state index in [1.54, 1.807) is 6.92 Å². The minimum Gasteiger partial charge on any atom is -0.379 e. The zero-order chi connectivity index (χ0) is 16.7. The number of sulfonamides is 1. The van der Waals surface area contributed by atoms with Gasteiger partial charge in [-0.2, -0.15) is 4.31 Å². The second-order valence-electron chi connectivity index (χ2n) is 6.79. The smallest absolute Gasteiger partial charge is 0.243 e. The van der Waals surface area contributed by atoms with Crippen LogP contribution in [0.4, 0.5) is 4.39 Å². The number of hydrogen-bond donors (Lipinski definition) is 0. The van der Waals surface area contributed by atoms with Crippen molar-refractivity contribution < 1.29 is 17.5 Å². The van der Waals surface area contributed by atoms with Gasteiger partial charge >= 0.3 is 0 Å². The van der Waals surface area contributed by atoms with Crippen LogP contribution in [0.25, 0.3) is 0 Å². The van der Waals surface area contributed by atoms with E-state index < -0.39 is 15.8 Å². The molecule has 128 valence electrons. The van der Waals surface area contributed by atoms with E-state index in [4.69, 9.17) is 4.74 Å². The second-order valence-corrected chi connectivity index (χ2v) is 8.73. The van der Waals surface area contributed by atoms with Crippen LogP contribution in [0.2, 0.25) is 0 Å². The molecule has 2 saturated heterocycles. The van der Waals surface area contributed by atoms with Crippen molar-refractivity contribution in [3.63, 3.8) is 0 Å². The van der Waals surface area contributed by atoms with E-state index >= 15 is 0 Å². The van der Waals surface area contributed by atoms with E-state index in [1.165, 1.54) is 16.4 Å². The van der Waals surface area contributed by atoms with E-state index in [0.29, 0.717) is 31.9 Å². The summed E-state index contributed by atoms with van der Waals surface area (Å²) in [5.41, 5.74) is 0.277. The molecule has 5 nitrogen and oxygen atoms in total. The highest BCUT2D eigenvalue weighted by Crippen LogP contribution is 2.34. The Balaban J connectivity index is 1.90. The van der Waals surface area contributed by atoms with Crippen LogP contribution in [-0.2, 0) is 14.8 Å². The van der Waals surface area contributed by atoms with Crippen molar-refractivity contribution in [2.75, 3.05) is 46.4 Å². The molecule has 23 heavy (non-hydrogen) atoms. The largest absolute Gasteiger partial charge is 0.379 e. The summed E-state index contributed by atoms with van der Waals surface area (Å²) in [5.74, 6) is -0.493. The Kier molecular flexibility index (Phi) is 4.48. The first kappa shape index (κ1) is 16.8. The topological polar surface area (TPSA) is 49.9 Å². The van der Waals surface area contributed by atoms with Crippen LogP contribution in [0.15, 0.2) is 23.1 Å². The molecule has 3 rings (SSSR count). The summed E-state index contributed by atoms with van der Waals surface area (Å²) >= 11 is 0. The van der Waals surface area contributed by atoms with E-state index in [9.17, 15) is 12.8 Å². The Morgan fingerprint density at radius 3 is 2.70 bits per heavy atom. The van der Waals surface area contributed by atoms with Gasteiger partial charge in [-0.1, -0.05) is 6.07 Å². The Labute approximate surface area is 137 Å². The Morgan fingerprint density at radius 2 is 2.04 bits per heavy atom. The van der Waals surface area contributed by atoms with E-state index in [1.807, 2.05) is 7.05 Å². The molecule has 0 saturated carbocycles. The zero-order valence-electron chi connectivity index (χ0n) is 13.6. The van der Waals surface area contributed by atoms with Crippen molar-refractivity contribution in [2.24, 2.45) is 5.41 Å². The molecule has 7 heteroatoms.